The van der Waals surface area contributed by atoms with Gasteiger partial charge in [0.2, 0.25) is 0 Å². The van der Waals surface area contributed by atoms with E-state index in [9.17, 15) is 23.1 Å². The summed E-state index contributed by atoms with van der Waals surface area (Å²) in [5.41, 5.74) is -2.47. The third kappa shape index (κ3) is 2.84. The number of pyridine rings is 1. The molecule has 110 valence electrons. The highest BCUT2D eigenvalue weighted by molar-refractivity contribution is 5.65. The Morgan fingerprint density at radius 3 is 2.45 bits per heavy atom. The Kier molecular flexibility index (Phi) is 3.59. The van der Waals surface area contributed by atoms with Crippen LogP contribution in [0.3, 0.4) is 0 Å². The first-order valence-electron chi connectivity index (χ1n) is 5.96. The van der Waals surface area contributed by atoms with Gasteiger partial charge in [-0.3, -0.25) is 4.98 Å². The molecule has 1 aromatic rings. The Morgan fingerprint density at radius 2 is 1.95 bits per heavy atom. The maximum Gasteiger partial charge on any atom is 0.416 e. The molecule has 0 unspecified atom stereocenters. The minimum absolute atomic E-state index is 0.0214. The van der Waals surface area contributed by atoms with Gasteiger partial charge in [-0.2, -0.15) is 13.2 Å². The number of likely N-dealkylation sites (tertiary alicyclic amines) is 1. The van der Waals surface area contributed by atoms with Crippen molar-refractivity contribution >= 4 is 6.09 Å². The number of carboxylic acid groups (broad SMARTS) is 1. The molecule has 0 atom stereocenters. The van der Waals surface area contributed by atoms with E-state index < -0.39 is 23.4 Å². The fraction of sp³-hybridized carbons (Fsp3) is 0.500. The summed E-state index contributed by atoms with van der Waals surface area (Å²) in [5.74, 6) is 0. The van der Waals surface area contributed by atoms with Crippen LogP contribution in [0.5, 0.6) is 0 Å². The largest absolute Gasteiger partial charge is 0.465 e. The topological polar surface area (TPSA) is 73.7 Å². The number of halogens is 3. The van der Waals surface area contributed by atoms with E-state index in [-0.39, 0.29) is 31.6 Å². The number of alkyl halides is 3. The normalized spacial score (nSPS) is 18.9. The minimum atomic E-state index is -4.50. The first-order valence-corrected chi connectivity index (χ1v) is 5.96. The van der Waals surface area contributed by atoms with Crippen LogP contribution < -0.4 is 0 Å². The molecule has 1 aliphatic heterocycles. The predicted molar refractivity (Wildman–Crippen MR) is 62.0 cm³/mol. The lowest BCUT2D eigenvalue weighted by molar-refractivity contribution is -0.137. The molecule has 2 rings (SSSR count). The van der Waals surface area contributed by atoms with Gasteiger partial charge in [0.15, 0.2) is 0 Å². The maximum atomic E-state index is 12.6. The lowest BCUT2D eigenvalue weighted by atomic mass is 9.87. The van der Waals surface area contributed by atoms with Crippen molar-refractivity contribution in [1.82, 2.24) is 9.88 Å². The van der Waals surface area contributed by atoms with E-state index in [2.05, 4.69) is 4.98 Å². The van der Waals surface area contributed by atoms with Crippen molar-refractivity contribution in [2.24, 2.45) is 0 Å². The molecule has 5 nitrogen and oxygen atoms in total. The first-order chi connectivity index (χ1) is 9.22. The summed E-state index contributed by atoms with van der Waals surface area (Å²) >= 11 is 0. The molecule has 0 aliphatic carbocycles. The van der Waals surface area contributed by atoms with Gasteiger partial charge >= 0.3 is 12.3 Å². The summed E-state index contributed by atoms with van der Waals surface area (Å²) in [5, 5.41) is 19.2. The zero-order chi connectivity index (χ0) is 15.0. The van der Waals surface area contributed by atoms with E-state index in [1.165, 1.54) is 0 Å². The second-order valence-corrected chi connectivity index (χ2v) is 4.73. The van der Waals surface area contributed by atoms with Crippen molar-refractivity contribution in [1.29, 1.82) is 0 Å². The fourth-order valence-corrected chi connectivity index (χ4v) is 2.19. The molecule has 0 saturated carbocycles. The van der Waals surface area contributed by atoms with Gasteiger partial charge in [0.05, 0.1) is 11.3 Å². The molecule has 0 bridgehead atoms. The van der Waals surface area contributed by atoms with Crippen molar-refractivity contribution in [2.45, 2.75) is 24.6 Å². The molecule has 0 spiro atoms. The van der Waals surface area contributed by atoms with Crippen molar-refractivity contribution < 1.29 is 28.2 Å². The molecule has 2 N–H and O–H groups in total. The van der Waals surface area contributed by atoms with E-state index in [1.807, 2.05) is 0 Å². The summed E-state index contributed by atoms with van der Waals surface area (Å²) in [6.45, 7) is 0.119. The average Bonchev–Trinajstić information content (AvgIpc) is 2.38. The number of nitrogens with zero attached hydrogens (tertiary/aromatic N) is 2. The zero-order valence-corrected chi connectivity index (χ0v) is 10.4. The monoisotopic (exact) mass is 290 g/mol. The molecule has 20 heavy (non-hydrogen) atoms. The predicted octanol–water partition coefficient (Wildman–Crippen LogP) is 2.06. The number of aromatic nitrogens is 1. The third-order valence-corrected chi connectivity index (χ3v) is 3.43. The number of hydrogen-bond acceptors (Lipinski definition) is 3. The van der Waals surface area contributed by atoms with E-state index in [4.69, 9.17) is 5.11 Å². The molecule has 1 aromatic heterocycles. The number of aliphatic hydroxyl groups is 1. The molecule has 2 heterocycles. The van der Waals surface area contributed by atoms with Crippen molar-refractivity contribution in [3.05, 3.63) is 29.6 Å². The van der Waals surface area contributed by atoms with Crippen LogP contribution in [-0.2, 0) is 11.8 Å². The van der Waals surface area contributed by atoms with Gasteiger partial charge in [0, 0.05) is 19.3 Å². The van der Waals surface area contributed by atoms with Crippen molar-refractivity contribution in [2.75, 3.05) is 13.1 Å². The maximum absolute atomic E-state index is 12.6. The van der Waals surface area contributed by atoms with Crippen LogP contribution in [0.4, 0.5) is 18.0 Å². The molecule has 8 heteroatoms. The van der Waals surface area contributed by atoms with Crippen LogP contribution >= 0.6 is 0 Å². The van der Waals surface area contributed by atoms with Gasteiger partial charge in [-0.15, -0.1) is 0 Å². The van der Waals surface area contributed by atoms with Crippen LogP contribution in [0.1, 0.15) is 24.1 Å². The highest BCUT2D eigenvalue weighted by Gasteiger charge is 2.38. The second kappa shape index (κ2) is 4.93. The minimum Gasteiger partial charge on any atom is -0.465 e. The second-order valence-electron chi connectivity index (χ2n) is 4.73. The Hall–Kier alpha value is -1.83. The summed E-state index contributed by atoms with van der Waals surface area (Å²) in [6.07, 6.45) is -4.57. The van der Waals surface area contributed by atoms with Gasteiger partial charge < -0.3 is 15.1 Å². The van der Waals surface area contributed by atoms with Gasteiger partial charge in [0.1, 0.15) is 5.60 Å². The lowest BCUT2D eigenvalue weighted by Crippen LogP contribution is -2.45. The van der Waals surface area contributed by atoms with Gasteiger partial charge in [-0.25, -0.2) is 4.79 Å². The Bertz CT molecular complexity index is 511. The summed E-state index contributed by atoms with van der Waals surface area (Å²) in [7, 11) is 0. The number of amides is 1. The van der Waals surface area contributed by atoms with Crippen LogP contribution in [0.15, 0.2) is 18.3 Å². The van der Waals surface area contributed by atoms with E-state index in [0.29, 0.717) is 0 Å². The smallest absolute Gasteiger partial charge is 0.416 e. The lowest BCUT2D eigenvalue weighted by Gasteiger charge is -2.36. The van der Waals surface area contributed by atoms with Crippen molar-refractivity contribution in [3.63, 3.8) is 0 Å². The quantitative estimate of drug-likeness (QED) is 0.830. The third-order valence-electron chi connectivity index (χ3n) is 3.43. The molecular formula is C12H13F3N2O3. The first kappa shape index (κ1) is 14.6. The molecular weight excluding hydrogens is 277 g/mol. The number of piperidine rings is 1. The summed E-state index contributed by atoms with van der Waals surface area (Å²) < 4.78 is 37.9. The fourth-order valence-electron chi connectivity index (χ4n) is 2.19. The number of rotatable bonds is 1. The molecule has 1 fully saturated rings. The highest BCUT2D eigenvalue weighted by Crippen LogP contribution is 2.35. The van der Waals surface area contributed by atoms with Gasteiger partial charge in [-0.05, 0) is 25.0 Å². The Morgan fingerprint density at radius 1 is 1.35 bits per heavy atom. The molecule has 1 saturated heterocycles. The summed E-state index contributed by atoms with van der Waals surface area (Å²) in [4.78, 5) is 15.7. The van der Waals surface area contributed by atoms with E-state index >= 15 is 0 Å². The van der Waals surface area contributed by atoms with Crippen LogP contribution in [0.2, 0.25) is 0 Å². The zero-order valence-electron chi connectivity index (χ0n) is 10.4. The average molecular weight is 290 g/mol. The van der Waals surface area contributed by atoms with Crippen LogP contribution in [-0.4, -0.2) is 39.3 Å². The number of carbonyl (C=O) groups is 1. The van der Waals surface area contributed by atoms with E-state index in [0.717, 1.165) is 23.2 Å². The molecule has 0 aromatic carbocycles. The molecule has 1 amide bonds. The Balaban J connectivity index is 2.22. The Labute approximate surface area is 112 Å². The highest BCUT2D eigenvalue weighted by atomic mass is 19.4. The molecule has 1 aliphatic rings. The summed E-state index contributed by atoms with van der Waals surface area (Å²) in [6, 6.07) is 1.65. The number of hydrogen-bond donors (Lipinski definition) is 2. The standard InChI is InChI=1S/C12H13F3N2O3/c13-12(14,15)8-1-4-16-9(7-8)11(20)2-5-17(6-3-11)10(18)19/h1,4,7,20H,2-3,5-6H2,(H,18,19). The van der Waals surface area contributed by atoms with E-state index in [1.54, 1.807) is 0 Å². The van der Waals surface area contributed by atoms with Crippen LogP contribution in [0.25, 0.3) is 0 Å². The SMILES string of the molecule is O=C(O)N1CCC(O)(c2cc(C(F)(F)F)ccn2)CC1. The van der Waals surface area contributed by atoms with Gasteiger partial charge in [-0.1, -0.05) is 0 Å². The van der Waals surface area contributed by atoms with Crippen LogP contribution in [0, 0.1) is 0 Å². The molecule has 0 radical (unpaired) electrons. The van der Waals surface area contributed by atoms with Crippen molar-refractivity contribution in [3.8, 4) is 0 Å². The van der Waals surface area contributed by atoms with Gasteiger partial charge in [0.25, 0.3) is 0 Å².